The van der Waals surface area contributed by atoms with Gasteiger partial charge in [-0.1, -0.05) is 75.9 Å². The summed E-state index contributed by atoms with van der Waals surface area (Å²) in [5, 5.41) is 14.2. The van der Waals surface area contributed by atoms with Gasteiger partial charge in [-0.25, -0.2) is 0 Å². The lowest BCUT2D eigenvalue weighted by molar-refractivity contribution is -0.121. The molecule has 0 fully saturated rings. The molecule has 2 aromatic rings. The van der Waals surface area contributed by atoms with E-state index in [9.17, 15) is 18.3 Å². The monoisotopic (exact) mass is 452 g/mol. The van der Waals surface area contributed by atoms with Crippen LogP contribution in [0.1, 0.15) is 63.5 Å². The number of amidine groups is 1. The van der Waals surface area contributed by atoms with E-state index in [4.69, 9.17) is 0 Å². The summed E-state index contributed by atoms with van der Waals surface area (Å²) in [4.78, 5) is 14.2. The fourth-order valence-electron chi connectivity index (χ4n) is 4.73. The summed E-state index contributed by atoms with van der Waals surface area (Å²) in [6, 6.07) is 13.8. The van der Waals surface area contributed by atoms with E-state index >= 15 is 0 Å². The Bertz CT molecular complexity index is 1220. The molecule has 2 aromatic carbocycles. The van der Waals surface area contributed by atoms with Crippen molar-refractivity contribution in [3.63, 3.8) is 0 Å². The van der Waals surface area contributed by atoms with Crippen molar-refractivity contribution in [3.8, 4) is 0 Å². The van der Waals surface area contributed by atoms with Gasteiger partial charge in [0.2, 0.25) is 0 Å². The third-order valence-electron chi connectivity index (χ3n) is 6.38. The number of sulfonamides is 1. The Kier molecular flexibility index (Phi) is 5.95. The Hall–Kier alpha value is -2.93. The number of aliphatic hydroxyl groups is 1. The highest BCUT2D eigenvalue weighted by molar-refractivity contribution is 7.90. The van der Waals surface area contributed by atoms with Gasteiger partial charge in [0.15, 0.2) is 11.6 Å². The quantitative estimate of drug-likeness (QED) is 0.589. The molecule has 0 unspecified atom stereocenters. The molecule has 2 aliphatic rings. The highest BCUT2D eigenvalue weighted by atomic mass is 32.2. The molecule has 0 radical (unpaired) electrons. The number of carbonyl (C=O) groups excluding carboxylic acids is 1. The zero-order chi connectivity index (χ0) is 22.9. The number of hydrogen-bond acceptors (Lipinski definition) is 5. The molecule has 4 rings (SSSR count). The standard InChI is InChI=1S/C25H28N2O4S/c1-3-5-15-25(16-6-4-2)18-12-8-7-11-17(18)22(28)21(23(25)29)24-26-19-13-9-10-14-20(19)32(30,31)27-24/h7-14,28H,3-6,15-16H2,1-2H3,(H,26,27). The maximum Gasteiger partial charge on any atom is 0.286 e. The Morgan fingerprint density at radius 1 is 0.969 bits per heavy atom. The van der Waals surface area contributed by atoms with Gasteiger partial charge in [0.1, 0.15) is 16.2 Å². The fraction of sp³-hybridized carbons (Fsp3) is 0.360. The molecule has 0 atom stereocenters. The van der Waals surface area contributed by atoms with E-state index in [0.29, 0.717) is 24.1 Å². The molecule has 0 saturated heterocycles. The zero-order valence-corrected chi connectivity index (χ0v) is 19.2. The lowest BCUT2D eigenvalue weighted by Gasteiger charge is -2.39. The highest BCUT2D eigenvalue weighted by Gasteiger charge is 2.48. The number of aliphatic hydroxyl groups excluding tert-OH is 1. The molecule has 6 nitrogen and oxygen atoms in total. The van der Waals surface area contributed by atoms with Crippen molar-refractivity contribution in [1.29, 1.82) is 0 Å². The van der Waals surface area contributed by atoms with Crippen LogP contribution >= 0.6 is 0 Å². The second kappa shape index (κ2) is 8.54. The van der Waals surface area contributed by atoms with Gasteiger partial charge in [0, 0.05) is 5.56 Å². The first-order valence-electron chi connectivity index (χ1n) is 11.1. The second-order valence-electron chi connectivity index (χ2n) is 8.42. The summed E-state index contributed by atoms with van der Waals surface area (Å²) >= 11 is 0. The second-order valence-corrected chi connectivity index (χ2v) is 10.00. The van der Waals surface area contributed by atoms with E-state index < -0.39 is 15.4 Å². The van der Waals surface area contributed by atoms with Crippen LogP contribution in [0, 0.1) is 0 Å². The zero-order valence-electron chi connectivity index (χ0n) is 18.4. The largest absolute Gasteiger partial charge is 0.506 e. The minimum atomic E-state index is -4.01. The summed E-state index contributed by atoms with van der Waals surface area (Å²) in [6.07, 6.45) is 4.81. The average Bonchev–Trinajstić information content (AvgIpc) is 2.78. The highest BCUT2D eigenvalue weighted by Crippen LogP contribution is 2.46. The van der Waals surface area contributed by atoms with Crippen molar-refractivity contribution in [2.24, 2.45) is 4.40 Å². The minimum absolute atomic E-state index is 0.0472. The number of benzene rings is 2. The van der Waals surface area contributed by atoms with Gasteiger partial charge in [-0.05, 0) is 30.5 Å². The molecule has 0 amide bonds. The summed E-state index contributed by atoms with van der Waals surface area (Å²) < 4.78 is 29.6. The van der Waals surface area contributed by atoms with E-state index in [1.807, 2.05) is 18.2 Å². The number of ketones is 1. The molecule has 2 N–H and O–H groups in total. The first-order chi connectivity index (χ1) is 15.4. The van der Waals surface area contributed by atoms with Crippen LogP contribution in [0.25, 0.3) is 5.76 Å². The number of rotatable bonds is 7. The van der Waals surface area contributed by atoms with Crippen molar-refractivity contribution in [2.45, 2.75) is 62.7 Å². The molecule has 0 spiro atoms. The Morgan fingerprint density at radius 3 is 2.28 bits per heavy atom. The van der Waals surface area contributed by atoms with Crippen LogP contribution in [-0.4, -0.2) is 25.1 Å². The van der Waals surface area contributed by atoms with Crippen LogP contribution in [0.4, 0.5) is 5.69 Å². The summed E-state index contributed by atoms with van der Waals surface area (Å²) in [6.45, 7) is 4.16. The van der Waals surface area contributed by atoms with Crippen LogP contribution in [0.2, 0.25) is 0 Å². The SMILES string of the molecule is CCCCC1(CCCC)C(=O)C(C2=NS(=O)(=O)c3ccccc3N2)=C(O)c2ccccc21. The molecule has 0 aromatic heterocycles. The first-order valence-corrected chi connectivity index (χ1v) is 12.6. The van der Waals surface area contributed by atoms with Gasteiger partial charge in [-0.3, -0.25) is 4.79 Å². The summed E-state index contributed by atoms with van der Waals surface area (Å²) in [5.41, 5.74) is 0.851. The fourth-order valence-corrected chi connectivity index (χ4v) is 5.85. The number of unbranched alkanes of at least 4 members (excludes halogenated alkanes) is 2. The van der Waals surface area contributed by atoms with Gasteiger partial charge in [0.25, 0.3) is 10.0 Å². The molecule has 7 heteroatoms. The van der Waals surface area contributed by atoms with E-state index in [0.717, 1.165) is 31.2 Å². The Morgan fingerprint density at radius 2 is 1.59 bits per heavy atom. The van der Waals surface area contributed by atoms with Gasteiger partial charge >= 0.3 is 0 Å². The first kappa shape index (κ1) is 22.3. The smallest absolute Gasteiger partial charge is 0.286 e. The molecule has 168 valence electrons. The Balaban J connectivity index is 1.93. The molecule has 0 bridgehead atoms. The summed E-state index contributed by atoms with van der Waals surface area (Å²) in [7, 11) is -4.01. The van der Waals surface area contributed by atoms with Gasteiger partial charge in [-0.15, -0.1) is 4.40 Å². The predicted molar refractivity (Wildman–Crippen MR) is 126 cm³/mol. The van der Waals surface area contributed by atoms with Crippen molar-refractivity contribution in [3.05, 3.63) is 65.2 Å². The normalized spacial score (nSPS) is 18.4. The van der Waals surface area contributed by atoms with Crippen LogP contribution in [0.5, 0.6) is 0 Å². The number of hydrogen-bond donors (Lipinski definition) is 2. The number of para-hydroxylation sites is 1. The van der Waals surface area contributed by atoms with Crippen LogP contribution in [0.15, 0.2) is 63.4 Å². The van der Waals surface area contributed by atoms with Crippen molar-refractivity contribution >= 4 is 33.1 Å². The number of carbonyl (C=O) groups is 1. The van der Waals surface area contributed by atoms with Crippen molar-refractivity contribution in [2.75, 3.05) is 5.32 Å². The van der Waals surface area contributed by atoms with E-state index in [2.05, 4.69) is 23.6 Å². The lowest BCUT2D eigenvalue weighted by atomic mass is 9.63. The van der Waals surface area contributed by atoms with Gasteiger partial charge < -0.3 is 10.4 Å². The number of fused-ring (bicyclic) bond motifs is 2. The molecular weight excluding hydrogens is 424 g/mol. The number of Topliss-reactive ketones (excluding diaryl/α,β-unsaturated/α-hetero) is 1. The third kappa shape index (κ3) is 3.54. The van der Waals surface area contributed by atoms with Gasteiger partial charge in [-0.2, -0.15) is 8.42 Å². The van der Waals surface area contributed by atoms with E-state index in [1.54, 1.807) is 24.3 Å². The number of anilines is 1. The maximum atomic E-state index is 14.1. The number of nitrogens with one attached hydrogen (secondary N) is 1. The minimum Gasteiger partial charge on any atom is -0.506 e. The Labute approximate surface area is 189 Å². The van der Waals surface area contributed by atoms with Crippen LogP contribution in [-0.2, 0) is 20.2 Å². The van der Waals surface area contributed by atoms with Crippen LogP contribution in [0.3, 0.4) is 0 Å². The molecular formula is C25H28N2O4S. The summed E-state index contributed by atoms with van der Waals surface area (Å²) in [5.74, 6) is -0.607. The molecule has 1 heterocycles. The van der Waals surface area contributed by atoms with E-state index in [-0.39, 0.29) is 27.8 Å². The van der Waals surface area contributed by atoms with Crippen molar-refractivity contribution in [1.82, 2.24) is 0 Å². The third-order valence-corrected chi connectivity index (χ3v) is 7.71. The molecule has 1 aliphatic heterocycles. The molecule has 1 aliphatic carbocycles. The molecule has 32 heavy (non-hydrogen) atoms. The van der Waals surface area contributed by atoms with E-state index in [1.165, 1.54) is 6.07 Å². The average molecular weight is 453 g/mol. The molecule has 0 saturated carbocycles. The van der Waals surface area contributed by atoms with Crippen molar-refractivity contribution < 1.29 is 18.3 Å². The topological polar surface area (TPSA) is 95.8 Å². The maximum absolute atomic E-state index is 14.1. The lowest BCUT2D eigenvalue weighted by Crippen LogP contribution is -2.44. The van der Waals surface area contributed by atoms with Gasteiger partial charge in [0.05, 0.1) is 11.1 Å². The predicted octanol–water partition coefficient (Wildman–Crippen LogP) is 5.37. The number of nitrogens with zero attached hydrogens (tertiary/aromatic N) is 1. The van der Waals surface area contributed by atoms with Crippen LogP contribution < -0.4 is 5.32 Å².